The van der Waals surface area contributed by atoms with Crippen LogP contribution in [0.5, 0.6) is 0 Å². The molecule has 5 nitrogen and oxygen atoms in total. The van der Waals surface area contributed by atoms with Crippen molar-refractivity contribution in [3.63, 3.8) is 0 Å². The van der Waals surface area contributed by atoms with Crippen molar-refractivity contribution in [2.24, 2.45) is 13.0 Å². The quantitative estimate of drug-likeness (QED) is 0.855. The number of carbonyl (C=O) groups is 1. The number of aliphatic hydroxyl groups is 1. The first kappa shape index (κ1) is 16.4. The Morgan fingerprint density at radius 3 is 2.86 bits per heavy atom. The van der Waals surface area contributed by atoms with Gasteiger partial charge in [0.1, 0.15) is 11.6 Å². The van der Waals surface area contributed by atoms with E-state index in [-0.39, 0.29) is 24.1 Å². The van der Waals surface area contributed by atoms with Gasteiger partial charge in [0.05, 0.1) is 23.6 Å². The highest BCUT2D eigenvalue weighted by Gasteiger charge is 2.14. The average molecular weight is 307 g/mol. The molecule has 120 valence electrons. The van der Waals surface area contributed by atoms with Gasteiger partial charge in [0.2, 0.25) is 5.91 Å². The van der Waals surface area contributed by atoms with Crippen LogP contribution in [0, 0.1) is 11.7 Å². The van der Waals surface area contributed by atoms with Crippen molar-refractivity contribution < 1.29 is 14.3 Å². The topological polar surface area (TPSA) is 67.2 Å². The van der Waals surface area contributed by atoms with Gasteiger partial charge in [0, 0.05) is 26.1 Å². The van der Waals surface area contributed by atoms with E-state index in [0.717, 1.165) is 11.3 Å². The van der Waals surface area contributed by atoms with Crippen LogP contribution in [0.4, 0.5) is 4.39 Å². The highest BCUT2D eigenvalue weighted by Crippen LogP contribution is 2.16. The van der Waals surface area contributed by atoms with E-state index in [4.69, 9.17) is 0 Å². The lowest BCUT2D eigenvalue weighted by Crippen LogP contribution is -2.31. The van der Waals surface area contributed by atoms with Gasteiger partial charge in [-0.2, -0.15) is 0 Å². The largest absolute Gasteiger partial charge is 0.392 e. The molecule has 1 aromatic carbocycles. The van der Waals surface area contributed by atoms with E-state index in [9.17, 15) is 14.3 Å². The number of aliphatic hydroxyl groups excluding tert-OH is 1. The predicted molar refractivity (Wildman–Crippen MR) is 82.8 cm³/mol. The summed E-state index contributed by atoms with van der Waals surface area (Å²) in [4.78, 5) is 16.1. The van der Waals surface area contributed by atoms with Crippen molar-refractivity contribution in [3.05, 3.63) is 29.8 Å². The van der Waals surface area contributed by atoms with Crippen LogP contribution in [0.1, 0.15) is 26.1 Å². The molecule has 0 bridgehead atoms. The van der Waals surface area contributed by atoms with Gasteiger partial charge in [-0.25, -0.2) is 9.37 Å². The summed E-state index contributed by atoms with van der Waals surface area (Å²) in [5.41, 5.74) is 1.47. The number of nitrogens with zero attached hydrogens (tertiary/aromatic N) is 2. The Morgan fingerprint density at radius 2 is 2.18 bits per heavy atom. The molecule has 0 fully saturated rings. The number of aryl methyl sites for hydroxylation is 1. The number of aromatic nitrogens is 2. The Kier molecular flexibility index (Phi) is 5.13. The van der Waals surface area contributed by atoms with Crippen LogP contribution < -0.4 is 5.32 Å². The van der Waals surface area contributed by atoms with Crippen molar-refractivity contribution in [1.82, 2.24) is 14.9 Å². The predicted octanol–water partition coefficient (Wildman–Crippen LogP) is 1.78. The third-order valence-electron chi connectivity index (χ3n) is 3.77. The fourth-order valence-corrected chi connectivity index (χ4v) is 2.26. The number of halogens is 1. The van der Waals surface area contributed by atoms with Crippen molar-refractivity contribution in [2.45, 2.75) is 32.8 Å². The van der Waals surface area contributed by atoms with Gasteiger partial charge in [-0.3, -0.25) is 4.79 Å². The zero-order valence-corrected chi connectivity index (χ0v) is 13.1. The summed E-state index contributed by atoms with van der Waals surface area (Å²) in [5.74, 6) is 0.352. The molecule has 0 aliphatic heterocycles. The second kappa shape index (κ2) is 6.87. The number of hydrogen-bond acceptors (Lipinski definition) is 3. The van der Waals surface area contributed by atoms with Gasteiger partial charge >= 0.3 is 0 Å². The Labute approximate surface area is 129 Å². The fourth-order valence-electron chi connectivity index (χ4n) is 2.26. The lowest BCUT2D eigenvalue weighted by molar-refractivity contribution is -0.123. The maximum absolute atomic E-state index is 13.2. The van der Waals surface area contributed by atoms with Crippen LogP contribution in [0.2, 0.25) is 0 Å². The summed E-state index contributed by atoms with van der Waals surface area (Å²) in [6, 6.07) is 4.50. The van der Waals surface area contributed by atoms with Gasteiger partial charge in [-0.1, -0.05) is 13.8 Å². The molecule has 6 heteroatoms. The van der Waals surface area contributed by atoms with Crippen LogP contribution >= 0.6 is 0 Å². The summed E-state index contributed by atoms with van der Waals surface area (Å²) < 4.78 is 15.1. The highest BCUT2D eigenvalue weighted by atomic mass is 19.1. The number of rotatable bonds is 6. The van der Waals surface area contributed by atoms with Crippen LogP contribution in [-0.2, 0) is 18.3 Å². The first-order chi connectivity index (χ1) is 10.4. The normalized spacial score (nSPS) is 12.8. The van der Waals surface area contributed by atoms with E-state index >= 15 is 0 Å². The summed E-state index contributed by atoms with van der Waals surface area (Å²) in [6.45, 7) is 4.18. The van der Waals surface area contributed by atoms with Crippen LogP contribution in [-0.4, -0.2) is 33.2 Å². The molecule has 0 saturated heterocycles. The number of imidazole rings is 1. The van der Waals surface area contributed by atoms with Crippen LogP contribution in [0.25, 0.3) is 11.0 Å². The highest BCUT2D eigenvalue weighted by molar-refractivity contribution is 5.77. The first-order valence-corrected chi connectivity index (χ1v) is 7.44. The molecule has 0 spiro atoms. The number of nitrogens with one attached hydrogen (secondary N) is 1. The van der Waals surface area contributed by atoms with Crippen LogP contribution in [0.3, 0.4) is 0 Å². The van der Waals surface area contributed by atoms with Gasteiger partial charge in [-0.05, 0) is 18.1 Å². The lowest BCUT2D eigenvalue weighted by atomic mass is 10.0. The lowest BCUT2D eigenvalue weighted by Gasteiger charge is -2.13. The molecule has 1 unspecified atom stereocenters. The Morgan fingerprint density at radius 1 is 1.45 bits per heavy atom. The summed E-state index contributed by atoms with van der Waals surface area (Å²) in [7, 11) is 1.87. The molecule has 2 N–H and O–H groups in total. The molecule has 22 heavy (non-hydrogen) atoms. The van der Waals surface area contributed by atoms with E-state index in [0.29, 0.717) is 18.5 Å². The van der Waals surface area contributed by atoms with Gasteiger partial charge in [0.15, 0.2) is 0 Å². The third kappa shape index (κ3) is 3.82. The second-order valence-corrected chi connectivity index (χ2v) is 5.84. The Balaban J connectivity index is 1.92. The summed E-state index contributed by atoms with van der Waals surface area (Å²) in [5, 5.41) is 12.4. The number of carbonyl (C=O) groups excluding carboxylic acids is 1. The number of fused-ring (bicyclic) bond motifs is 1. The monoisotopic (exact) mass is 307 g/mol. The molecular weight excluding hydrogens is 285 g/mol. The third-order valence-corrected chi connectivity index (χ3v) is 3.77. The fraction of sp³-hybridized carbons (Fsp3) is 0.500. The zero-order valence-electron chi connectivity index (χ0n) is 13.1. The molecule has 0 saturated carbocycles. The van der Waals surface area contributed by atoms with Gasteiger partial charge < -0.3 is 15.0 Å². The minimum Gasteiger partial charge on any atom is -0.392 e. The molecular formula is C16H22FN3O2. The number of hydrogen-bond donors (Lipinski definition) is 2. The van der Waals surface area contributed by atoms with Crippen LogP contribution in [0.15, 0.2) is 18.2 Å². The Bertz CT molecular complexity index is 667. The van der Waals surface area contributed by atoms with E-state index < -0.39 is 6.10 Å². The molecule has 0 aliphatic carbocycles. The van der Waals surface area contributed by atoms with Crippen molar-refractivity contribution in [2.75, 3.05) is 6.54 Å². The molecule has 1 atom stereocenters. The molecule has 1 aromatic heterocycles. The van der Waals surface area contributed by atoms with E-state index in [1.54, 1.807) is 6.07 Å². The number of amides is 1. The summed E-state index contributed by atoms with van der Waals surface area (Å²) in [6.07, 6.45) is 0.0283. The second-order valence-electron chi connectivity index (χ2n) is 5.84. The molecule has 2 rings (SSSR count). The smallest absolute Gasteiger partial charge is 0.222 e. The van der Waals surface area contributed by atoms with Gasteiger partial charge in [-0.15, -0.1) is 0 Å². The van der Waals surface area contributed by atoms with E-state index in [1.165, 1.54) is 12.1 Å². The maximum Gasteiger partial charge on any atom is 0.222 e. The van der Waals surface area contributed by atoms with Crippen molar-refractivity contribution >= 4 is 16.9 Å². The van der Waals surface area contributed by atoms with Crippen molar-refractivity contribution in [3.8, 4) is 0 Å². The SMILES string of the molecule is CC(C)C(O)CC(=O)NCCc1nc2cc(F)ccc2n1C. The average Bonchev–Trinajstić information content (AvgIpc) is 2.74. The number of benzene rings is 1. The minimum atomic E-state index is -0.626. The molecule has 1 heterocycles. The molecule has 0 aliphatic rings. The molecule has 1 amide bonds. The summed E-state index contributed by atoms with van der Waals surface area (Å²) >= 11 is 0. The first-order valence-electron chi connectivity index (χ1n) is 7.44. The Hall–Kier alpha value is -1.95. The molecule has 2 aromatic rings. The maximum atomic E-state index is 13.2. The van der Waals surface area contributed by atoms with E-state index in [1.807, 2.05) is 25.5 Å². The van der Waals surface area contributed by atoms with E-state index in [2.05, 4.69) is 10.3 Å². The minimum absolute atomic E-state index is 0.0560. The van der Waals surface area contributed by atoms with Crippen molar-refractivity contribution in [1.29, 1.82) is 0 Å². The van der Waals surface area contributed by atoms with Gasteiger partial charge in [0.25, 0.3) is 0 Å². The molecule has 0 radical (unpaired) electrons. The standard InChI is InChI=1S/C16H22FN3O2/c1-10(2)14(21)9-16(22)18-7-6-15-19-12-8-11(17)4-5-13(12)20(15)3/h4-5,8,10,14,21H,6-7,9H2,1-3H3,(H,18,22). The zero-order chi connectivity index (χ0) is 16.3.